The normalized spacial score (nSPS) is 19.2. The van der Waals surface area contributed by atoms with E-state index in [1.165, 1.54) is 17.0 Å². The van der Waals surface area contributed by atoms with Crippen molar-refractivity contribution >= 4 is 16.8 Å². The average Bonchev–Trinajstić information content (AvgIpc) is 2.74. The molecular formula is C21H20F2N4O3. The summed E-state index contributed by atoms with van der Waals surface area (Å²) in [4.78, 5) is 33.7. The van der Waals surface area contributed by atoms with Crippen LogP contribution in [0.4, 0.5) is 8.78 Å². The largest absolute Gasteiger partial charge is 0.391 e. The molecule has 2 aromatic heterocycles. The van der Waals surface area contributed by atoms with Gasteiger partial charge in [-0.25, -0.2) is 18.7 Å². The van der Waals surface area contributed by atoms with Crippen LogP contribution in [0.3, 0.4) is 0 Å². The Morgan fingerprint density at radius 2 is 2.07 bits per heavy atom. The number of fused-ring (bicyclic) bond motifs is 1. The zero-order valence-corrected chi connectivity index (χ0v) is 16.0. The number of carbonyl (C=O) groups is 1. The molecule has 0 saturated carbocycles. The van der Waals surface area contributed by atoms with Crippen molar-refractivity contribution in [2.75, 3.05) is 6.54 Å². The molecule has 7 nitrogen and oxygen atoms in total. The molecular weight excluding hydrogens is 394 g/mol. The van der Waals surface area contributed by atoms with Gasteiger partial charge in [0.1, 0.15) is 0 Å². The van der Waals surface area contributed by atoms with E-state index in [0.29, 0.717) is 23.2 Å². The third-order valence-corrected chi connectivity index (χ3v) is 5.23. The monoisotopic (exact) mass is 414 g/mol. The molecule has 0 spiro atoms. The number of halogens is 2. The van der Waals surface area contributed by atoms with Crippen LogP contribution >= 0.6 is 0 Å². The average molecular weight is 414 g/mol. The maximum Gasteiger partial charge on any atom is 0.280 e. The molecule has 1 aliphatic heterocycles. The Bertz CT molecular complexity index is 1160. The molecule has 0 radical (unpaired) electrons. The second-order valence-corrected chi connectivity index (χ2v) is 7.38. The molecule has 0 amide bonds. The van der Waals surface area contributed by atoms with Gasteiger partial charge in [-0.05, 0) is 49.7 Å². The first kappa shape index (κ1) is 20.2. The molecule has 156 valence electrons. The fourth-order valence-corrected chi connectivity index (χ4v) is 3.61. The summed E-state index contributed by atoms with van der Waals surface area (Å²) in [6.45, 7) is 0.549. The first-order chi connectivity index (χ1) is 14.4. The van der Waals surface area contributed by atoms with Crippen LogP contribution in [0, 0.1) is 11.6 Å². The second-order valence-electron chi connectivity index (χ2n) is 7.38. The highest BCUT2D eigenvalue weighted by atomic mass is 19.2. The minimum Gasteiger partial charge on any atom is -0.391 e. The lowest BCUT2D eigenvalue weighted by Crippen LogP contribution is -2.46. The maximum absolute atomic E-state index is 13.5. The third kappa shape index (κ3) is 4.12. The Balaban J connectivity index is 1.60. The number of benzene rings is 1. The number of piperidine rings is 1. The van der Waals surface area contributed by atoms with Crippen LogP contribution in [-0.2, 0) is 11.3 Å². The molecule has 2 atom stereocenters. The number of Topliss-reactive ketones (excluding diaryl/α,β-unsaturated/α-hetero) is 1. The molecule has 1 fully saturated rings. The molecule has 0 unspecified atom stereocenters. The van der Waals surface area contributed by atoms with E-state index in [4.69, 9.17) is 0 Å². The van der Waals surface area contributed by atoms with Gasteiger partial charge in [0.15, 0.2) is 22.9 Å². The molecule has 1 aliphatic rings. The van der Waals surface area contributed by atoms with Crippen molar-refractivity contribution < 1.29 is 18.7 Å². The highest BCUT2D eigenvalue weighted by Crippen LogP contribution is 2.21. The molecule has 1 saturated heterocycles. The summed E-state index contributed by atoms with van der Waals surface area (Å²) in [6, 6.07) is 6.16. The van der Waals surface area contributed by atoms with Gasteiger partial charge in [-0.2, -0.15) is 0 Å². The molecule has 9 heteroatoms. The van der Waals surface area contributed by atoms with Crippen molar-refractivity contribution in [3.63, 3.8) is 0 Å². The zero-order chi connectivity index (χ0) is 21.3. The molecule has 4 rings (SSSR count). The van der Waals surface area contributed by atoms with Gasteiger partial charge in [0.2, 0.25) is 0 Å². The number of nitrogens with zero attached hydrogens (tertiary/aromatic N) is 3. The molecule has 1 aromatic carbocycles. The lowest BCUT2D eigenvalue weighted by atomic mass is 9.97. The summed E-state index contributed by atoms with van der Waals surface area (Å²) in [5.41, 5.74) is 0.468. The van der Waals surface area contributed by atoms with E-state index in [1.54, 1.807) is 12.1 Å². The molecule has 3 aromatic rings. The molecule has 3 heterocycles. The zero-order valence-electron chi connectivity index (χ0n) is 16.0. The van der Waals surface area contributed by atoms with Gasteiger partial charge in [-0.15, -0.1) is 0 Å². The molecule has 0 aliphatic carbocycles. The second kappa shape index (κ2) is 8.37. The van der Waals surface area contributed by atoms with Gasteiger partial charge < -0.3 is 10.4 Å². The Morgan fingerprint density at radius 3 is 2.83 bits per heavy atom. The number of aliphatic hydroxyl groups excluding tert-OH is 1. The van der Waals surface area contributed by atoms with Crippen molar-refractivity contribution in [2.24, 2.45) is 0 Å². The number of carbonyl (C=O) groups excluding carboxylic acids is 1. The van der Waals surface area contributed by atoms with Crippen LogP contribution in [-0.4, -0.2) is 44.1 Å². The van der Waals surface area contributed by atoms with Crippen LogP contribution in [0.2, 0.25) is 0 Å². The maximum atomic E-state index is 13.5. The Labute approximate surface area is 170 Å². The standard InChI is InChI=1S/C21H20F2N4O3/c22-14-4-3-12(8-15(14)23)16-5-6-17-20(26-16)21(30)27(11-25-17)10-13(28)9-18-19(29)2-1-7-24-18/h3-6,8,11,18-19,24,29H,1-2,7,9-10H2/t18-,19+/m1/s1. The van der Waals surface area contributed by atoms with Crippen LogP contribution in [0.1, 0.15) is 19.3 Å². The van der Waals surface area contributed by atoms with Crippen LogP contribution < -0.4 is 10.9 Å². The fraction of sp³-hybridized carbons (Fsp3) is 0.333. The Morgan fingerprint density at radius 1 is 1.23 bits per heavy atom. The number of aliphatic hydroxyl groups is 1. The van der Waals surface area contributed by atoms with E-state index in [-0.39, 0.29) is 30.3 Å². The third-order valence-electron chi connectivity index (χ3n) is 5.23. The molecule has 30 heavy (non-hydrogen) atoms. The van der Waals surface area contributed by atoms with Crippen LogP contribution in [0.5, 0.6) is 0 Å². The number of rotatable bonds is 5. The first-order valence-electron chi connectivity index (χ1n) is 9.67. The molecule has 0 bridgehead atoms. The summed E-state index contributed by atoms with van der Waals surface area (Å²) in [5.74, 6) is -2.20. The summed E-state index contributed by atoms with van der Waals surface area (Å²) in [6.07, 6.45) is 2.29. The number of hydrogen-bond acceptors (Lipinski definition) is 6. The lowest BCUT2D eigenvalue weighted by molar-refractivity contribution is -0.121. The van der Waals surface area contributed by atoms with E-state index in [2.05, 4.69) is 15.3 Å². The SMILES string of the molecule is O=C(C[C@H]1NCCC[C@@H]1O)Cn1cnc2ccc(-c3ccc(F)c(F)c3)nc2c1=O. The van der Waals surface area contributed by atoms with E-state index in [0.717, 1.165) is 25.1 Å². The topological polar surface area (TPSA) is 97.1 Å². The molecule has 2 N–H and O–H groups in total. The van der Waals surface area contributed by atoms with Crippen molar-refractivity contribution in [3.8, 4) is 11.3 Å². The van der Waals surface area contributed by atoms with E-state index in [9.17, 15) is 23.5 Å². The van der Waals surface area contributed by atoms with Gasteiger partial charge in [0.25, 0.3) is 5.56 Å². The fourth-order valence-electron chi connectivity index (χ4n) is 3.61. The van der Waals surface area contributed by atoms with Crippen molar-refractivity contribution in [1.29, 1.82) is 0 Å². The minimum atomic E-state index is -1.01. The van der Waals surface area contributed by atoms with Gasteiger partial charge in [0, 0.05) is 18.0 Å². The summed E-state index contributed by atoms with van der Waals surface area (Å²) in [7, 11) is 0. The predicted molar refractivity (Wildman–Crippen MR) is 106 cm³/mol. The van der Waals surface area contributed by atoms with Gasteiger partial charge in [-0.1, -0.05) is 0 Å². The predicted octanol–water partition coefficient (Wildman–Crippen LogP) is 1.81. The van der Waals surface area contributed by atoms with Crippen molar-refractivity contribution in [1.82, 2.24) is 19.9 Å². The van der Waals surface area contributed by atoms with E-state index >= 15 is 0 Å². The number of aromatic nitrogens is 3. The van der Waals surface area contributed by atoms with Gasteiger partial charge >= 0.3 is 0 Å². The highest BCUT2D eigenvalue weighted by Gasteiger charge is 2.25. The van der Waals surface area contributed by atoms with Crippen LogP contribution in [0.15, 0.2) is 41.5 Å². The Hall–Kier alpha value is -3.04. The first-order valence-corrected chi connectivity index (χ1v) is 9.67. The van der Waals surface area contributed by atoms with E-state index < -0.39 is 23.3 Å². The smallest absolute Gasteiger partial charge is 0.280 e. The summed E-state index contributed by atoms with van der Waals surface area (Å²) < 4.78 is 27.9. The number of hydrogen-bond donors (Lipinski definition) is 2. The lowest BCUT2D eigenvalue weighted by Gasteiger charge is -2.28. The highest BCUT2D eigenvalue weighted by molar-refractivity contribution is 5.80. The van der Waals surface area contributed by atoms with Crippen LogP contribution in [0.25, 0.3) is 22.3 Å². The quantitative estimate of drug-likeness (QED) is 0.661. The Kier molecular flexibility index (Phi) is 5.65. The van der Waals surface area contributed by atoms with E-state index in [1.807, 2.05) is 0 Å². The minimum absolute atomic E-state index is 0.0309. The summed E-state index contributed by atoms with van der Waals surface area (Å²) >= 11 is 0. The number of ketones is 1. The van der Waals surface area contributed by atoms with Crippen molar-refractivity contribution in [2.45, 2.75) is 38.0 Å². The van der Waals surface area contributed by atoms with Gasteiger partial charge in [-0.3, -0.25) is 14.2 Å². The van der Waals surface area contributed by atoms with Crippen molar-refractivity contribution in [3.05, 3.63) is 58.6 Å². The number of pyridine rings is 1. The summed E-state index contributed by atoms with van der Waals surface area (Å²) in [5, 5.41) is 13.1. The van der Waals surface area contributed by atoms with Gasteiger partial charge in [0.05, 0.1) is 30.2 Å². The number of nitrogens with one attached hydrogen (secondary N) is 1.